The summed E-state index contributed by atoms with van der Waals surface area (Å²) < 4.78 is 15.8. The summed E-state index contributed by atoms with van der Waals surface area (Å²) in [4.78, 5) is 37.0. The first kappa shape index (κ1) is 20.5. The summed E-state index contributed by atoms with van der Waals surface area (Å²) in [5.41, 5.74) is 0.263. The van der Waals surface area contributed by atoms with Crippen LogP contribution >= 0.6 is 0 Å². The van der Waals surface area contributed by atoms with Gasteiger partial charge in [0.05, 0.1) is 20.3 Å². The smallest absolute Gasteiger partial charge is 0.328 e. The summed E-state index contributed by atoms with van der Waals surface area (Å²) in [5, 5.41) is 12.0. The molecule has 0 radical (unpaired) electrons. The second kappa shape index (κ2) is 9.22. The van der Waals surface area contributed by atoms with Crippen molar-refractivity contribution in [2.45, 2.75) is 25.9 Å². The third-order valence-corrected chi connectivity index (χ3v) is 3.89. The lowest BCUT2D eigenvalue weighted by molar-refractivity contribution is -0.147. The Morgan fingerprint density at radius 1 is 1.33 bits per heavy atom. The van der Waals surface area contributed by atoms with E-state index in [1.807, 2.05) is 13.8 Å². The number of aliphatic carboxylic acids is 1. The molecule has 27 heavy (non-hydrogen) atoms. The number of amides is 2. The van der Waals surface area contributed by atoms with Crippen LogP contribution in [-0.4, -0.2) is 73.3 Å². The third-order valence-electron chi connectivity index (χ3n) is 3.89. The van der Waals surface area contributed by atoms with Crippen molar-refractivity contribution in [3.05, 3.63) is 23.8 Å². The molecule has 1 atom stereocenters. The molecule has 1 aliphatic rings. The molecule has 1 aliphatic heterocycles. The van der Waals surface area contributed by atoms with Crippen molar-refractivity contribution in [3.8, 4) is 11.5 Å². The van der Waals surface area contributed by atoms with Crippen LogP contribution in [0.15, 0.2) is 18.2 Å². The Hall–Kier alpha value is -2.81. The fourth-order valence-corrected chi connectivity index (χ4v) is 2.64. The minimum atomic E-state index is -1.12. The van der Waals surface area contributed by atoms with Gasteiger partial charge in [0.1, 0.15) is 0 Å². The fraction of sp³-hybridized carbons (Fsp3) is 0.500. The van der Waals surface area contributed by atoms with E-state index < -0.39 is 17.9 Å². The SMILES string of the molecule is COc1cc(C(=O)N2CCOCC2C(=O)O)ccc1OCC(=O)NC(C)C. The number of morpholine rings is 1. The van der Waals surface area contributed by atoms with Gasteiger partial charge in [-0.2, -0.15) is 0 Å². The van der Waals surface area contributed by atoms with Gasteiger partial charge >= 0.3 is 5.97 Å². The van der Waals surface area contributed by atoms with Crippen LogP contribution < -0.4 is 14.8 Å². The minimum absolute atomic E-state index is 0.00121. The first-order chi connectivity index (χ1) is 12.8. The number of hydrogen-bond acceptors (Lipinski definition) is 6. The Kier molecular flexibility index (Phi) is 7.00. The summed E-state index contributed by atoms with van der Waals surface area (Å²) >= 11 is 0. The minimum Gasteiger partial charge on any atom is -0.493 e. The van der Waals surface area contributed by atoms with Crippen molar-refractivity contribution >= 4 is 17.8 Å². The molecule has 2 rings (SSSR count). The molecule has 9 nitrogen and oxygen atoms in total. The van der Waals surface area contributed by atoms with Crippen LogP contribution in [0.5, 0.6) is 11.5 Å². The molecule has 1 saturated heterocycles. The molecule has 2 amide bonds. The summed E-state index contributed by atoms with van der Waals surface area (Å²) in [5.74, 6) is -1.24. The highest BCUT2D eigenvalue weighted by Crippen LogP contribution is 2.29. The largest absolute Gasteiger partial charge is 0.493 e. The number of hydrogen-bond donors (Lipinski definition) is 2. The zero-order valence-electron chi connectivity index (χ0n) is 15.6. The first-order valence-electron chi connectivity index (χ1n) is 8.55. The summed E-state index contributed by atoms with van der Waals surface area (Å²) in [7, 11) is 1.42. The molecule has 0 saturated carbocycles. The van der Waals surface area contributed by atoms with E-state index in [9.17, 15) is 19.5 Å². The second-order valence-electron chi connectivity index (χ2n) is 6.30. The van der Waals surface area contributed by atoms with Gasteiger partial charge in [-0.3, -0.25) is 9.59 Å². The van der Waals surface area contributed by atoms with E-state index in [0.29, 0.717) is 5.75 Å². The highest BCUT2D eigenvalue weighted by Gasteiger charge is 2.33. The van der Waals surface area contributed by atoms with E-state index in [1.165, 1.54) is 30.2 Å². The lowest BCUT2D eigenvalue weighted by atomic mass is 10.1. The molecule has 1 aromatic rings. The molecule has 0 aromatic heterocycles. The molecular weight excluding hydrogens is 356 g/mol. The van der Waals surface area contributed by atoms with Crippen molar-refractivity contribution < 1.29 is 33.7 Å². The summed E-state index contributed by atoms with van der Waals surface area (Å²) in [6, 6.07) is 3.46. The number of carbonyl (C=O) groups excluding carboxylic acids is 2. The van der Waals surface area contributed by atoms with Crippen molar-refractivity contribution in [3.63, 3.8) is 0 Å². The Bertz CT molecular complexity index is 705. The van der Waals surface area contributed by atoms with Gasteiger partial charge in [0.15, 0.2) is 24.1 Å². The average Bonchev–Trinajstić information content (AvgIpc) is 2.65. The first-order valence-corrected chi connectivity index (χ1v) is 8.55. The standard InChI is InChI=1S/C18H24N2O7/c1-11(2)19-16(21)10-27-14-5-4-12(8-15(14)25-3)17(22)20-6-7-26-9-13(20)18(23)24/h4-5,8,11,13H,6-7,9-10H2,1-3H3,(H,19,21)(H,23,24). The van der Waals surface area contributed by atoms with Gasteiger partial charge in [-0.1, -0.05) is 0 Å². The number of nitrogens with one attached hydrogen (secondary N) is 1. The third kappa shape index (κ3) is 5.33. The molecule has 0 spiro atoms. The number of methoxy groups -OCH3 is 1. The number of carboxylic acid groups (broad SMARTS) is 1. The lowest BCUT2D eigenvalue weighted by Gasteiger charge is -2.33. The maximum absolute atomic E-state index is 12.7. The van der Waals surface area contributed by atoms with Crippen LogP contribution in [0.4, 0.5) is 0 Å². The van der Waals surface area contributed by atoms with Crippen LogP contribution in [0, 0.1) is 0 Å². The lowest BCUT2D eigenvalue weighted by Crippen LogP contribution is -2.52. The molecule has 148 valence electrons. The molecular formula is C18H24N2O7. The van der Waals surface area contributed by atoms with Crippen LogP contribution in [0.25, 0.3) is 0 Å². The topological polar surface area (TPSA) is 114 Å². The van der Waals surface area contributed by atoms with E-state index >= 15 is 0 Å². The highest BCUT2D eigenvalue weighted by atomic mass is 16.5. The monoisotopic (exact) mass is 380 g/mol. The number of ether oxygens (including phenoxy) is 3. The van der Waals surface area contributed by atoms with Gasteiger partial charge in [0.2, 0.25) is 0 Å². The van der Waals surface area contributed by atoms with Crippen LogP contribution in [0.3, 0.4) is 0 Å². The van der Waals surface area contributed by atoms with E-state index in [0.717, 1.165) is 0 Å². The predicted molar refractivity (Wildman–Crippen MR) is 95.0 cm³/mol. The number of rotatable bonds is 7. The predicted octanol–water partition coefficient (Wildman–Crippen LogP) is 0.524. The quantitative estimate of drug-likeness (QED) is 0.709. The number of benzene rings is 1. The fourth-order valence-electron chi connectivity index (χ4n) is 2.64. The Morgan fingerprint density at radius 3 is 2.70 bits per heavy atom. The van der Waals surface area contributed by atoms with Gasteiger partial charge in [-0.25, -0.2) is 4.79 Å². The molecule has 2 N–H and O–H groups in total. The van der Waals surface area contributed by atoms with Crippen LogP contribution in [0.2, 0.25) is 0 Å². The summed E-state index contributed by atoms with van der Waals surface area (Å²) in [6.07, 6.45) is 0. The van der Waals surface area contributed by atoms with E-state index in [-0.39, 0.29) is 49.6 Å². The van der Waals surface area contributed by atoms with Gasteiger partial charge in [0.25, 0.3) is 11.8 Å². The van der Waals surface area contributed by atoms with Crippen LogP contribution in [0.1, 0.15) is 24.2 Å². The van der Waals surface area contributed by atoms with E-state index in [4.69, 9.17) is 14.2 Å². The van der Waals surface area contributed by atoms with Crippen molar-refractivity contribution in [1.82, 2.24) is 10.2 Å². The molecule has 0 aliphatic carbocycles. The summed E-state index contributed by atoms with van der Waals surface area (Å²) in [6.45, 7) is 3.91. The molecule has 1 fully saturated rings. The maximum Gasteiger partial charge on any atom is 0.328 e. The molecule has 0 bridgehead atoms. The van der Waals surface area contributed by atoms with Gasteiger partial charge in [-0.05, 0) is 32.0 Å². The van der Waals surface area contributed by atoms with Crippen molar-refractivity contribution in [2.24, 2.45) is 0 Å². The maximum atomic E-state index is 12.7. The second-order valence-corrected chi connectivity index (χ2v) is 6.30. The number of carboxylic acids is 1. The number of nitrogens with zero attached hydrogens (tertiary/aromatic N) is 1. The van der Waals surface area contributed by atoms with Gasteiger partial charge in [-0.15, -0.1) is 0 Å². The average molecular weight is 380 g/mol. The Morgan fingerprint density at radius 2 is 2.07 bits per heavy atom. The van der Waals surface area contributed by atoms with Gasteiger partial charge < -0.3 is 29.5 Å². The Balaban J connectivity index is 2.13. The highest BCUT2D eigenvalue weighted by molar-refractivity contribution is 5.97. The molecule has 1 unspecified atom stereocenters. The molecule has 1 heterocycles. The van der Waals surface area contributed by atoms with E-state index in [1.54, 1.807) is 0 Å². The van der Waals surface area contributed by atoms with Crippen molar-refractivity contribution in [2.75, 3.05) is 33.5 Å². The van der Waals surface area contributed by atoms with E-state index in [2.05, 4.69) is 5.32 Å². The molecule has 1 aromatic carbocycles. The Labute approximate surface area is 157 Å². The zero-order chi connectivity index (χ0) is 20.0. The normalized spacial score (nSPS) is 16.7. The van der Waals surface area contributed by atoms with Gasteiger partial charge in [0, 0.05) is 18.2 Å². The number of carbonyl (C=O) groups is 3. The van der Waals surface area contributed by atoms with Crippen molar-refractivity contribution in [1.29, 1.82) is 0 Å². The van der Waals surface area contributed by atoms with Crippen LogP contribution in [-0.2, 0) is 14.3 Å². The molecule has 9 heteroatoms. The zero-order valence-corrected chi connectivity index (χ0v) is 15.6.